The molecule has 1 aliphatic carbocycles. The maximum absolute atomic E-state index is 13.4. The van der Waals surface area contributed by atoms with Gasteiger partial charge in [-0.25, -0.2) is 8.78 Å². The van der Waals surface area contributed by atoms with Crippen molar-refractivity contribution in [1.29, 1.82) is 0 Å². The summed E-state index contributed by atoms with van der Waals surface area (Å²) in [4.78, 5) is 4.69. The third-order valence-electron chi connectivity index (χ3n) is 4.39. The van der Waals surface area contributed by atoms with Gasteiger partial charge in [-0.2, -0.15) is 8.78 Å². The summed E-state index contributed by atoms with van der Waals surface area (Å²) in [6.07, 6.45) is 0.209. The van der Waals surface area contributed by atoms with Crippen LogP contribution in [0.15, 0.2) is 41.4 Å². The second kappa shape index (κ2) is 6.59. The molecule has 0 radical (unpaired) electrons. The summed E-state index contributed by atoms with van der Waals surface area (Å²) in [5.74, 6) is -2.62. The molecule has 1 fully saturated rings. The smallest absolute Gasteiger partial charge is 0.278 e. The minimum absolute atomic E-state index is 0.110. The van der Waals surface area contributed by atoms with E-state index in [1.807, 2.05) is 6.92 Å². The predicted octanol–water partition coefficient (Wildman–Crippen LogP) is 5.94. The van der Waals surface area contributed by atoms with E-state index in [-0.39, 0.29) is 18.4 Å². The number of allylic oxidation sites excluding steroid dienone is 1. The van der Waals surface area contributed by atoms with Gasteiger partial charge in [-0.05, 0) is 37.8 Å². The number of hydrogen-bond acceptors (Lipinski definition) is 1. The molecule has 132 valence electrons. The lowest BCUT2D eigenvalue weighted by Gasteiger charge is -2.35. The Balaban J connectivity index is 2.31. The number of rotatable bonds is 4. The quantitative estimate of drug-likeness (QED) is 0.358. The Morgan fingerprint density at radius 3 is 2.04 bits per heavy atom. The van der Waals surface area contributed by atoms with Crippen LogP contribution in [0.5, 0.6) is 0 Å². The van der Waals surface area contributed by atoms with Gasteiger partial charge in [0, 0.05) is 18.4 Å². The normalized spacial score (nSPS) is 20.7. The van der Waals surface area contributed by atoms with Crippen LogP contribution in [0.4, 0.5) is 17.6 Å². The summed E-state index contributed by atoms with van der Waals surface area (Å²) in [5, 5.41) is 0. The minimum atomic E-state index is -2.99. The fourth-order valence-electron chi connectivity index (χ4n) is 2.79. The number of hydrogen-bond donors (Lipinski definition) is 0. The van der Waals surface area contributed by atoms with E-state index < -0.39 is 17.1 Å². The summed E-state index contributed by atoms with van der Waals surface area (Å²) in [6, 6.07) is 5.83. The first kappa shape index (κ1) is 19.1. The van der Waals surface area contributed by atoms with E-state index >= 15 is 0 Å². The molecule has 1 aromatic carbocycles. The molecule has 0 aromatic heterocycles. The zero-order valence-electron chi connectivity index (χ0n) is 13.9. The van der Waals surface area contributed by atoms with Gasteiger partial charge in [0.2, 0.25) is 5.92 Å². The predicted molar refractivity (Wildman–Crippen MR) is 93.2 cm³/mol. The van der Waals surface area contributed by atoms with Crippen molar-refractivity contribution < 1.29 is 17.6 Å². The molecule has 1 saturated carbocycles. The lowest BCUT2D eigenvalue weighted by Crippen LogP contribution is -2.35. The van der Waals surface area contributed by atoms with Crippen molar-refractivity contribution in [1.82, 2.24) is 0 Å². The monoisotopic (exact) mass is 359 g/mol. The van der Waals surface area contributed by atoms with Crippen LogP contribution in [0.25, 0.3) is 0 Å². The third-order valence-corrected chi connectivity index (χ3v) is 4.72. The SMILES string of the molecule is C=C(C)C(=NC1(C)CCC(F)(F)CC1)c1ccc(C(F)(F)P)cc1. The van der Waals surface area contributed by atoms with E-state index in [1.54, 1.807) is 19.1 Å². The second-order valence-electron chi connectivity index (χ2n) is 6.79. The Bertz CT molecular complexity index is 634. The molecule has 0 spiro atoms. The molecule has 6 heteroatoms. The van der Waals surface area contributed by atoms with Crippen molar-refractivity contribution in [3.63, 3.8) is 0 Å². The molecular formula is C18H22F4NP. The molecule has 2 rings (SSSR count). The van der Waals surface area contributed by atoms with Gasteiger partial charge in [0.25, 0.3) is 5.66 Å². The maximum Gasteiger partial charge on any atom is 0.283 e. The van der Waals surface area contributed by atoms with Crippen LogP contribution in [0.1, 0.15) is 50.7 Å². The van der Waals surface area contributed by atoms with Gasteiger partial charge in [-0.15, -0.1) is 0 Å². The molecule has 1 aliphatic rings. The van der Waals surface area contributed by atoms with E-state index in [1.165, 1.54) is 21.4 Å². The van der Waals surface area contributed by atoms with Crippen molar-refractivity contribution in [2.75, 3.05) is 0 Å². The highest BCUT2D eigenvalue weighted by atomic mass is 31.0. The first-order chi connectivity index (χ1) is 10.9. The topological polar surface area (TPSA) is 12.4 Å². The summed E-state index contributed by atoms with van der Waals surface area (Å²) in [6.45, 7) is 7.53. The molecule has 24 heavy (non-hydrogen) atoms. The van der Waals surface area contributed by atoms with Crippen molar-refractivity contribution >= 4 is 15.0 Å². The molecule has 1 unspecified atom stereocenters. The number of alkyl halides is 4. The number of halogens is 4. The van der Waals surface area contributed by atoms with E-state index in [9.17, 15) is 17.6 Å². The van der Waals surface area contributed by atoms with Crippen LogP contribution in [0.3, 0.4) is 0 Å². The second-order valence-corrected chi connectivity index (χ2v) is 7.52. The zero-order chi connectivity index (χ0) is 18.2. The molecule has 0 bridgehead atoms. The molecule has 1 aromatic rings. The standard InChI is InChI=1S/C18H22F4NP/c1-12(2)15(13-4-6-14(7-5-13)18(21,22)24)23-16(3)8-10-17(19,20)11-9-16/h4-7H,1,8-11,24H2,2-3H3. The Kier molecular flexibility index (Phi) is 5.25. The highest BCUT2D eigenvalue weighted by Crippen LogP contribution is 2.41. The number of aliphatic imine (C=N–C) groups is 1. The van der Waals surface area contributed by atoms with E-state index in [0.29, 0.717) is 29.7 Å². The van der Waals surface area contributed by atoms with Crippen LogP contribution < -0.4 is 0 Å². The first-order valence-electron chi connectivity index (χ1n) is 7.83. The minimum Gasteiger partial charge on any atom is -0.278 e. The van der Waals surface area contributed by atoms with E-state index in [4.69, 9.17) is 0 Å². The van der Waals surface area contributed by atoms with Crippen LogP contribution in [0, 0.1) is 0 Å². The molecule has 0 amide bonds. The van der Waals surface area contributed by atoms with Crippen molar-refractivity contribution in [2.45, 2.75) is 56.7 Å². The fourth-order valence-corrected chi connectivity index (χ4v) is 2.99. The first-order valence-corrected chi connectivity index (χ1v) is 8.41. The van der Waals surface area contributed by atoms with Gasteiger partial charge in [0.1, 0.15) is 0 Å². The van der Waals surface area contributed by atoms with Crippen LogP contribution in [0.2, 0.25) is 0 Å². The van der Waals surface area contributed by atoms with Gasteiger partial charge < -0.3 is 0 Å². The Hall–Kier alpha value is -1.22. The highest BCUT2D eigenvalue weighted by Gasteiger charge is 2.40. The maximum atomic E-state index is 13.4. The van der Waals surface area contributed by atoms with Gasteiger partial charge in [0.15, 0.2) is 0 Å². The molecule has 1 nitrogen and oxygen atoms in total. The average Bonchev–Trinajstić information content (AvgIpc) is 2.48. The van der Waals surface area contributed by atoms with Gasteiger partial charge in [0.05, 0.1) is 11.3 Å². The lowest BCUT2D eigenvalue weighted by atomic mass is 9.81. The third kappa shape index (κ3) is 4.66. The van der Waals surface area contributed by atoms with Gasteiger partial charge in [-0.3, -0.25) is 4.99 Å². The summed E-state index contributed by atoms with van der Waals surface area (Å²) in [5.41, 5.74) is -1.75. The fraction of sp³-hybridized carbons (Fsp3) is 0.500. The Labute approximate surface area is 142 Å². The highest BCUT2D eigenvalue weighted by molar-refractivity contribution is 7.17. The Morgan fingerprint density at radius 2 is 1.62 bits per heavy atom. The van der Waals surface area contributed by atoms with Gasteiger partial charge >= 0.3 is 0 Å². The van der Waals surface area contributed by atoms with Crippen LogP contribution >= 0.6 is 9.24 Å². The molecule has 1 atom stereocenters. The van der Waals surface area contributed by atoms with E-state index in [2.05, 4.69) is 11.6 Å². The van der Waals surface area contributed by atoms with Crippen LogP contribution in [-0.4, -0.2) is 17.2 Å². The molecule has 0 heterocycles. The number of benzene rings is 1. The molecule has 0 saturated heterocycles. The zero-order valence-corrected chi connectivity index (χ0v) is 15.0. The molecule has 0 aliphatic heterocycles. The van der Waals surface area contributed by atoms with Crippen molar-refractivity contribution in [3.05, 3.63) is 47.5 Å². The van der Waals surface area contributed by atoms with Crippen molar-refractivity contribution in [3.8, 4) is 0 Å². The summed E-state index contributed by atoms with van der Waals surface area (Å²) >= 11 is 0. The summed E-state index contributed by atoms with van der Waals surface area (Å²) < 4.78 is 53.4. The van der Waals surface area contributed by atoms with Gasteiger partial charge in [-0.1, -0.05) is 40.1 Å². The largest absolute Gasteiger partial charge is 0.283 e. The molecular weight excluding hydrogens is 337 g/mol. The van der Waals surface area contributed by atoms with E-state index in [0.717, 1.165) is 0 Å². The number of nitrogens with zero attached hydrogens (tertiary/aromatic N) is 1. The van der Waals surface area contributed by atoms with Crippen molar-refractivity contribution in [2.24, 2.45) is 4.99 Å². The molecule has 0 N–H and O–H groups in total. The summed E-state index contributed by atoms with van der Waals surface area (Å²) in [7, 11) is 1.50. The Morgan fingerprint density at radius 1 is 1.12 bits per heavy atom. The van der Waals surface area contributed by atoms with Crippen LogP contribution in [-0.2, 0) is 5.66 Å². The average molecular weight is 359 g/mol. The lowest BCUT2D eigenvalue weighted by molar-refractivity contribution is -0.0479.